The van der Waals surface area contributed by atoms with Gasteiger partial charge >= 0.3 is 0 Å². The summed E-state index contributed by atoms with van der Waals surface area (Å²) >= 11 is 1.94. The molecule has 2 unspecified atom stereocenters. The van der Waals surface area contributed by atoms with Gasteiger partial charge < -0.3 is 10.4 Å². The molecule has 1 saturated carbocycles. The smallest absolute Gasteiger partial charge is 0.0613 e. The van der Waals surface area contributed by atoms with Crippen LogP contribution in [0.5, 0.6) is 0 Å². The van der Waals surface area contributed by atoms with Crippen molar-refractivity contribution in [2.45, 2.75) is 41.9 Å². The van der Waals surface area contributed by atoms with E-state index in [1.165, 1.54) is 16.9 Å². The molecule has 17 heavy (non-hydrogen) atoms. The molecule has 0 saturated heterocycles. The van der Waals surface area contributed by atoms with Crippen LogP contribution in [0.1, 0.15) is 24.8 Å². The average molecular weight is 251 g/mol. The number of likely N-dealkylation sites (N-methyl/N-ethyl adjacent to an activating group) is 1. The van der Waals surface area contributed by atoms with Crippen LogP contribution in [0.15, 0.2) is 29.2 Å². The third-order valence-electron chi connectivity index (χ3n) is 3.72. The van der Waals surface area contributed by atoms with Gasteiger partial charge in [-0.1, -0.05) is 17.7 Å². The largest absolute Gasteiger partial charge is 0.394 e. The van der Waals surface area contributed by atoms with Gasteiger partial charge in [-0.3, -0.25) is 0 Å². The first kappa shape index (κ1) is 12.9. The van der Waals surface area contributed by atoms with Crippen molar-refractivity contribution >= 4 is 11.8 Å². The minimum absolute atomic E-state index is 0.0393. The highest BCUT2D eigenvalue weighted by Gasteiger charge is 2.37. The summed E-state index contributed by atoms with van der Waals surface area (Å²) in [4.78, 5) is 1.34. The van der Waals surface area contributed by atoms with Crippen molar-refractivity contribution < 1.29 is 5.11 Å². The summed E-state index contributed by atoms with van der Waals surface area (Å²) in [5.74, 6) is 0. The van der Waals surface area contributed by atoms with Crippen LogP contribution in [0, 0.1) is 6.92 Å². The van der Waals surface area contributed by atoms with Crippen molar-refractivity contribution in [1.29, 1.82) is 0 Å². The Hall–Kier alpha value is -0.510. The van der Waals surface area contributed by atoms with E-state index in [2.05, 4.69) is 36.5 Å². The van der Waals surface area contributed by atoms with Crippen molar-refractivity contribution in [2.24, 2.45) is 0 Å². The molecule has 1 aliphatic rings. The maximum absolute atomic E-state index is 9.47. The number of aryl methyl sites for hydroxylation is 1. The van der Waals surface area contributed by atoms with Gasteiger partial charge in [0.2, 0.25) is 0 Å². The van der Waals surface area contributed by atoms with E-state index in [9.17, 15) is 5.11 Å². The first-order chi connectivity index (χ1) is 8.17. The number of hydrogen-bond donors (Lipinski definition) is 2. The molecule has 2 N–H and O–H groups in total. The van der Waals surface area contributed by atoms with E-state index in [-0.39, 0.29) is 12.1 Å². The lowest BCUT2D eigenvalue weighted by molar-refractivity contribution is 0.173. The number of aliphatic hydroxyl groups is 1. The van der Waals surface area contributed by atoms with Crippen molar-refractivity contribution in [1.82, 2.24) is 5.32 Å². The lowest BCUT2D eigenvalue weighted by Gasteiger charge is -2.26. The van der Waals surface area contributed by atoms with Gasteiger partial charge in [-0.05, 0) is 45.4 Å². The maximum Gasteiger partial charge on any atom is 0.0613 e. The molecule has 94 valence electrons. The zero-order valence-electron chi connectivity index (χ0n) is 10.6. The van der Waals surface area contributed by atoms with Gasteiger partial charge in [0.15, 0.2) is 0 Å². The molecule has 1 aromatic rings. The molecule has 1 aromatic carbocycles. The van der Waals surface area contributed by atoms with E-state index in [0.29, 0.717) is 5.25 Å². The van der Waals surface area contributed by atoms with E-state index < -0.39 is 0 Å². The van der Waals surface area contributed by atoms with Gasteiger partial charge in [-0.15, -0.1) is 11.8 Å². The second kappa shape index (κ2) is 5.42. The summed E-state index contributed by atoms with van der Waals surface area (Å²) in [5.41, 5.74) is 1.27. The maximum atomic E-state index is 9.47. The first-order valence-electron chi connectivity index (χ1n) is 6.20. The van der Waals surface area contributed by atoms with E-state index >= 15 is 0 Å². The first-order valence-corrected chi connectivity index (χ1v) is 7.08. The summed E-state index contributed by atoms with van der Waals surface area (Å²) in [5, 5.41) is 13.4. The zero-order chi connectivity index (χ0) is 12.3. The number of thioether (sulfide) groups is 1. The molecule has 2 atom stereocenters. The van der Waals surface area contributed by atoms with Crippen LogP contribution in [0.25, 0.3) is 0 Å². The van der Waals surface area contributed by atoms with Crippen LogP contribution >= 0.6 is 11.8 Å². The van der Waals surface area contributed by atoms with Crippen LogP contribution < -0.4 is 5.32 Å². The fourth-order valence-electron chi connectivity index (χ4n) is 2.44. The molecule has 0 aromatic heterocycles. The number of rotatable bonds is 4. The standard InChI is InChI=1S/C14H21NOS/c1-11-3-5-12(6-4-11)17-13-7-8-14(9-13,10-16)15-2/h3-6,13,15-16H,7-10H2,1-2H3. The Balaban J connectivity index is 1.95. The van der Waals surface area contributed by atoms with Gasteiger partial charge in [-0.2, -0.15) is 0 Å². The van der Waals surface area contributed by atoms with Gasteiger partial charge in [0, 0.05) is 15.7 Å². The summed E-state index contributed by atoms with van der Waals surface area (Å²) in [6.45, 7) is 2.36. The van der Waals surface area contributed by atoms with Crippen LogP contribution in [0.2, 0.25) is 0 Å². The molecule has 2 nitrogen and oxygen atoms in total. The molecule has 0 heterocycles. The van der Waals surface area contributed by atoms with E-state index in [0.717, 1.165) is 12.8 Å². The Morgan fingerprint density at radius 3 is 2.65 bits per heavy atom. The van der Waals surface area contributed by atoms with Crippen molar-refractivity contribution in [2.75, 3.05) is 13.7 Å². The molecular weight excluding hydrogens is 230 g/mol. The number of nitrogens with one attached hydrogen (secondary N) is 1. The monoisotopic (exact) mass is 251 g/mol. The summed E-state index contributed by atoms with van der Waals surface area (Å²) in [6.07, 6.45) is 3.31. The lowest BCUT2D eigenvalue weighted by Crippen LogP contribution is -2.44. The molecular formula is C14H21NOS. The minimum atomic E-state index is -0.0393. The highest BCUT2D eigenvalue weighted by atomic mass is 32.2. The molecule has 0 aliphatic heterocycles. The Kier molecular flexibility index (Phi) is 4.13. The highest BCUT2D eigenvalue weighted by Crippen LogP contribution is 2.39. The SMILES string of the molecule is CNC1(CO)CCC(Sc2ccc(C)cc2)C1. The molecule has 3 heteroatoms. The average Bonchev–Trinajstić information content (AvgIpc) is 2.76. The van der Waals surface area contributed by atoms with Gasteiger partial charge in [0.25, 0.3) is 0 Å². The van der Waals surface area contributed by atoms with Crippen molar-refractivity contribution in [3.63, 3.8) is 0 Å². The molecule has 1 aliphatic carbocycles. The van der Waals surface area contributed by atoms with Gasteiger partial charge in [-0.25, -0.2) is 0 Å². The van der Waals surface area contributed by atoms with Crippen LogP contribution in [-0.2, 0) is 0 Å². The van der Waals surface area contributed by atoms with E-state index in [4.69, 9.17) is 0 Å². The summed E-state index contributed by atoms with van der Waals surface area (Å²) in [7, 11) is 1.95. The normalized spacial score (nSPS) is 28.5. The number of benzene rings is 1. The van der Waals surface area contributed by atoms with Crippen LogP contribution in [-0.4, -0.2) is 29.5 Å². The van der Waals surface area contributed by atoms with Gasteiger partial charge in [0.1, 0.15) is 0 Å². The molecule has 2 rings (SSSR count). The predicted molar refractivity (Wildman–Crippen MR) is 73.6 cm³/mol. The third-order valence-corrected chi connectivity index (χ3v) is 5.00. The number of aliphatic hydroxyl groups excluding tert-OH is 1. The fourth-order valence-corrected chi connectivity index (χ4v) is 3.75. The highest BCUT2D eigenvalue weighted by molar-refractivity contribution is 8.00. The number of hydrogen-bond acceptors (Lipinski definition) is 3. The fraction of sp³-hybridized carbons (Fsp3) is 0.571. The summed E-state index contributed by atoms with van der Waals surface area (Å²) in [6, 6.07) is 8.71. The Bertz CT molecular complexity index is 359. The van der Waals surface area contributed by atoms with Crippen LogP contribution in [0.3, 0.4) is 0 Å². The minimum Gasteiger partial charge on any atom is -0.394 e. The van der Waals surface area contributed by atoms with Gasteiger partial charge in [0.05, 0.1) is 6.61 Å². The molecule has 0 radical (unpaired) electrons. The van der Waals surface area contributed by atoms with E-state index in [1.807, 2.05) is 18.8 Å². The quantitative estimate of drug-likeness (QED) is 0.862. The lowest BCUT2D eigenvalue weighted by atomic mass is 10.00. The van der Waals surface area contributed by atoms with Crippen molar-refractivity contribution in [3.8, 4) is 0 Å². The Labute approximate surface area is 108 Å². The molecule has 1 fully saturated rings. The van der Waals surface area contributed by atoms with E-state index in [1.54, 1.807) is 0 Å². The Morgan fingerprint density at radius 2 is 2.12 bits per heavy atom. The second-order valence-corrected chi connectivity index (χ2v) is 6.36. The molecule has 0 bridgehead atoms. The zero-order valence-corrected chi connectivity index (χ0v) is 11.4. The third kappa shape index (κ3) is 3.03. The molecule has 0 spiro atoms. The molecule has 0 amide bonds. The summed E-state index contributed by atoms with van der Waals surface area (Å²) < 4.78 is 0. The van der Waals surface area contributed by atoms with Crippen LogP contribution in [0.4, 0.5) is 0 Å². The topological polar surface area (TPSA) is 32.3 Å². The second-order valence-electron chi connectivity index (χ2n) is 4.98. The predicted octanol–water partition coefficient (Wildman–Crippen LogP) is 2.59. The van der Waals surface area contributed by atoms with Crippen molar-refractivity contribution in [3.05, 3.63) is 29.8 Å². The Morgan fingerprint density at radius 1 is 1.41 bits per heavy atom.